The first kappa shape index (κ1) is 31.7. The maximum atomic E-state index is 14.0. The van der Waals surface area contributed by atoms with Crippen LogP contribution in [0.2, 0.25) is 0 Å². The van der Waals surface area contributed by atoms with Gasteiger partial charge in [-0.25, -0.2) is 8.42 Å². The maximum Gasteiger partial charge on any atom is 0.243 e. The summed E-state index contributed by atoms with van der Waals surface area (Å²) in [6.45, 7) is 4.07. The summed E-state index contributed by atoms with van der Waals surface area (Å²) in [6.07, 6.45) is 1.71. The van der Waals surface area contributed by atoms with Gasteiger partial charge in [-0.15, -0.1) is 0 Å². The number of sulfonamides is 1. The molecule has 3 aromatic rings. The van der Waals surface area contributed by atoms with Crippen molar-refractivity contribution in [2.75, 3.05) is 31.0 Å². The molecule has 0 saturated carbocycles. The van der Waals surface area contributed by atoms with Gasteiger partial charge in [-0.3, -0.25) is 13.9 Å². The van der Waals surface area contributed by atoms with Crippen LogP contribution in [0.25, 0.3) is 0 Å². The zero-order valence-corrected chi connectivity index (χ0v) is 25.8. The highest BCUT2D eigenvalue weighted by Crippen LogP contribution is 2.36. The Morgan fingerprint density at radius 3 is 2.37 bits per heavy atom. The normalized spacial score (nSPS) is 13.0. The Kier molecular flexibility index (Phi) is 10.5. The molecule has 0 bridgehead atoms. The van der Waals surface area contributed by atoms with E-state index in [0.717, 1.165) is 17.4 Å². The van der Waals surface area contributed by atoms with Gasteiger partial charge in [0.15, 0.2) is 11.5 Å². The molecule has 0 saturated heterocycles. The van der Waals surface area contributed by atoms with Gasteiger partial charge in [-0.1, -0.05) is 42.5 Å². The number of hydrogen-bond acceptors (Lipinski definition) is 7. The van der Waals surface area contributed by atoms with Crippen molar-refractivity contribution in [3.8, 4) is 17.2 Å². The van der Waals surface area contributed by atoms with Crippen LogP contribution in [0.15, 0.2) is 72.8 Å². The van der Waals surface area contributed by atoms with Crippen molar-refractivity contribution >= 4 is 27.5 Å². The molecule has 1 aliphatic rings. The second kappa shape index (κ2) is 14.3. The first-order valence-corrected chi connectivity index (χ1v) is 16.0. The molecule has 0 spiro atoms. The van der Waals surface area contributed by atoms with Crippen LogP contribution in [0, 0.1) is 0 Å². The van der Waals surface area contributed by atoms with Gasteiger partial charge in [0.1, 0.15) is 11.8 Å². The van der Waals surface area contributed by atoms with Gasteiger partial charge in [-0.05, 0) is 55.7 Å². The molecular formula is C32H39N3O7S. The highest BCUT2D eigenvalue weighted by molar-refractivity contribution is 7.92. The van der Waals surface area contributed by atoms with E-state index in [1.54, 1.807) is 30.2 Å². The van der Waals surface area contributed by atoms with Crippen LogP contribution in [0.1, 0.15) is 37.8 Å². The van der Waals surface area contributed by atoms with Crippen molar-refractivity contribution in [1.29, 1.82) is 0 Å². The number of hydrogen-bond donors (Lipinski definition) is 1. The zero-order chi connectivity index (χ0) is 31.0. The molecule has 43 heavy (non-hydrogen) atoms. The Bertz CT molecular complexity index is 1510. The zero-order valence-electron chi connectivity index (χ0n) is 25.0. The molecule has 2 amide bonds. The summed E-state index contributed by atoms with van der Waals surface area (Å²) in [6, 6.07) is 21.0. The van der Waals surface area contributed by atoms with Gasteiger partial charge in [0.25, 0.3) is 0 Å². The highest BCUT2D eigenvalue weighted by Gasteiger charge is 2.31. The minimum Gasteiger partial charge on any atom is -0.497 e. The van der Waals surface area contributed by atoms with E-state index in [2.05, 4.69) is 5.32 Å². The average Bonchev–Trinajstić information content (AvgIpc) is 3.44. The standard InChI is InChI=1S/C32H39N3O7S/c1-23(2)33-32(37)28(19-24-10-6-5-7-11-24)34(21-25-12-8-13-27(18-25)40-3)31(36)14-9-17-35(43(4,38)39)26-15-16-29-30(20-26)42-22-41-29/h5-8,10-13,15-16,18,20,23,28H,9,14,17,19,21-22H2,1-4H3,(H,33,37)/t28-/m1/s1. The van der Waals surface area contributed by atoms with Crippen molar-refractivity contribution in [2.24, 2.45) is 0 Å². The molecule has 1 N–H and O–H groups in total. The summed E-state index contributed by atoms with van der Waals surface area (Å²) in [5, 5.41) is 2.98. The van der Waals surface area contributed by atoms with Gasteiger partial charge in [0, 0.05) is 38.0 Å². The van der Waals surface area contributed by atoms with Crippen LogP contribution in [0.5, 0.6) is 17.2 Å². The van der Waals surface area contributed by atoms with Crippen molar-refractivity contribution < 1.29 is 32.2 Å². The maximum absolute atomic E-state index is 14.0. The van der Waals surface area contributed by atoms with Gasteiger partial charge in [0.05, 0.1) is 19.1 Å². The first-order valence-electron chi connectivity index (χ1n) is 14.2. The predicted octanol–water partition coefficient (Wildman–Crippen LogP) is 4.13. The summed E-state index contributed by atoms with van der Waals surface area (Å²) >= 11 is 0. The molecule has 0 fully saturated rings. The molecule has 1 heterocycles. The third kappa shape index (κ3) is 8.63. The third-order valence-corrected chi connectivity index (χ3v) is 8.18. The molecule has 4 rings (SSSR count). The van der Waals surface area contributed by atoms with E-state index < -0.39 is 16.1 Å². The second-order valence-electron chi connectivity index (χ2n) is 10.7. The van der Waals surface area contributed by atoms with Gasteiger partial charge in [-0.2, -0.15) is 0 Å². The van der Waals surface area contributed by atoms with Crippen molar-refractivity contribution in [3.05, 3.63) is 83.9 Å². The molecule has 0 unspecified atom stereocenters. The SMILES string of the molecule is COc1cccc(CN(C(=O)CCCN(c2ccc3c(c2)OCO3)S(C)(=O)=O)[C@H](Cc2ccccc2)C(=O)NC(C)C)c1. The number of rotatable bonds is 14. The first-order chi connectivity index (χ1) is 20.5. The van der Waals surface area contributed by atoms with E-state index in [4.69, 9.17) is 14.2 Å². The number of nitrogens with zero attached hydrogens (tertiary/aromatic N) is 2. The molecule has 0 aliphatic carbocycles. The van der Waals surface area contributed by atoms with E-state index in [1.165, 1.54) is 4.31 Å². The molecule has 0 radical (unpaired) electrons. The molecular weight excluding hydrogens is 570 g/mol. The van der Waals surface area contributed by atoms with E-state index in [-0.39, 0.29) is 50.6 Å². The Balaban J connectivity index is 1.58. The van der Waals surface area contributed by atoms with Crippen LogP contribution < -0.4 is 23.8 Å². The Hall–Kier alpha value is -4.25. The van der Waals surface area contributed by atoms with E-state index in [1.807, 2.05) is 68.4 Å². The topological polar surface area (TPSA) is 114 Å². The quantitative estimate of drug-likeness (QED) is 0.292. The summed E-state index contributed by atoms with van der Waals surface area (Å²) < 4.78 is 42.9. The van der Waals surface area contributed by atoms with Crippen molar-refractivity contribution in [3.63, 3.8) is 0 Å². The lowest BCUT2D eigenvalue weighted by Crippen LogP contribution is -2.51. The van der Waals surface area contributed by atoms with Gasteiger partial charge >= 0.3 is 0 Å². The number of fused-ring (bicyclic) bond motifs is 1. The van der Waals surface area contributed by atoms with Crippen molar-refractivity contribution in [2.45, 2.75) is 51.7 Å². The number of benzene rings is 3. The predicted molar refractivity (Wildman–Crippen MR) is 165 cm³/mol. The number of methoxy groups -OCH3 is 1. The lowest BCUT2D eigenvalue weighted by molar-refractivity contribution is -0.141. The lowest BCUT2D eigenvalue weighted by atomic mass is 10.0. The molecule has 3 aromatic carbocycles. The lowest BCUT2D eigenvalue weighted by Gasteiger charge is -2.32. The van der Waals surface area contributed by atoms with Crippen LogP contribution in [-0.4, -0.2) is 63.9 Å². The number of anilines is 1. The molecule has 1 atom stereocenters. The molecule has 1 aliphatic heterocycles. The largest absolute Gasteiger partial charge is 0.497 e. The number of nitrogens with one attached hydrogen (secondary N) is 1. The number of carbonyl (C=O) groups is 2. The Morgan fingerprint density at radius 2 is 1.67 bits per heavy atom. The summed E-state index contributed by atoms with van der Waals surface area (Å²) in [5.41, 5.74) is 2.15. The minimum atomic E-state index is -3.66. The van der Waals surface area contributed by atoms with E-state index in [9.17, 15) is 18.0 Å². The number of amides is 2. The fourth-order valence-corrected chi connectivity index (χ4v) is 5.90. The monoisotopic (exact) mass is 609 g/mol. The van der Waals surface area contributed by atoms with Crippen molar-refractivity contribution in [1.82, 2.24) is 10.2 Å². The summed E-state index contributed by atoms with van der Waals surface area (Å²) in [4.78, 5) is 29.1. The van der Waals surface area contributed by atoms with Crippen LogP contribution >= 0.6 is 0 Å². The fourth-order valence-electron chi connectivity index (χ4n) is 4.95. The summed E-state index contributed by atoms with van der Waals surface area (Å²) in [7, 11) is -2.09. The Labute approximate surface area is 253 Å². The minimum absolute atomic E-state index is 0.0286. The summed E-state index contributed by atoms with van der Waals surface area (Å²) in [5.74, 6) is 1.13. The number of ether oxygens (including phenoxy) is 3. The van der Waals surface area contributed by atoms with Crippen LogP contribution in [0.4, 0.5) is 5.69 Å². The van der Waals surface area contributed by atoms with E-state index >= 15 is 0 Å². The highest BCUT2D eigenvalue weighted by atomic mass is 32.2. The molecule has 11 heteroatoms. The van der Waals surface area contributed by atoms with Crippen LogP contribution in [0.3, 0.4) is 0 Å². The fraction of sp³-hybridized carbons (Fsp3) is 0.375. The third-order valence-electron chi connectivity index (χ3n) is 6.99. The van der Waals surface area contributed by atoms with Gasteiger partial charge in [0.2, 0.25) is 28.6 Å². The average molecular weight is 610 g/mol. The molecule has 0 aromatic heterocycles. The number of carbonyl (C=O) groups excluding carboxylic acids is 2. The Morgan fingerprint density at radius 1 is 0.953 bits per heavy atom. The smallest absolute Gasteiger partial charge is 0.243 e. The molecule has 10 nitrogen and oxygen atoms in total. The van der Waals surface area contributed by atoms with Gasteiger partial charge < -0.3 is 24.4 Å². The van der Waals surface area contributed by atoms with Crippen LogP contribution in [-0.2, 0) is 32.6 Å². The second-order valence-corrected chi connectivity index (χ2v) is 12.6. The molecule has 230 valence electrons. The van der Waals surface area contributed by atoms with E-state index in [0.29, 0.717) is 29.4 Å².